The average molecular weight is 239 g/mol. The maximum Gasteiger partial charge on any atom is 0.217 e. The predicted octanol–water partition coefficient (Wildman–Crippen LogP) is -0.469. The summed E-state index contributed by atoms with van der Waals surface area (Å²) >= 11 is 0. The molecule has 0 aliphatic carbocycles. The molecule has 0 spiro atoms. The molecule has 1 amide bonds. The second-order valence-corrected chi connectivity index (χ2v) is 3.59. The van der Waals surface area contributed by atoms with Gasteiger partial charge >= 0.3 is 0 Å². The molecule has 1 rings (SSSR count). The van der Waals surface area contributed by atoms with E-state index in [1.165, 1.54) is 14.0 Å². The second-order valence-electron chi connectivity index (χ2n) is 3.59. The van der Waals surface area contributed by atoms with Crippen LogP contribution in [0.1, 0.15) is 6.92 Å². The fourth-order valence-electron chi connectivity index (χ4n) is 1.62. The van der Waals surface area contributed by atoms with Crippen LogP contribution in [0.4, 0.5) is 8.78 Å². The predicted molar refractivity (Wildman–Crippen MR) is 50.2 cm³/mol. The Balaban J connectivity index is 2.77. The molecule has 0 aromatic carbocycles. The first-order chi connectivity index (χ1) is 7.51. The van der Waals surface area contributed by atoms with Gasteiger partial charge in [0.1, 0.15) is 24.9 Å². The molecule has 2 N–H and O–H groups in total. The summed E-state index contributed by atoms with van der Waals surface area (Å²) in [5.74, 6) is -0.458. The van der Waals surface area contributed by atoms with Crippen molar-refractivity contribution in [2.45, 2.75) is 37.6 Å². The Hall–Kier alpha value is -0.790. The molecule has 0 aromatic rings. The summed E-state index contributed by atoms with van der Waals surface area (Å²) in [7, 11) is 1.26. The van der Waals surface area contributed by atoms with Gasteiger partial charge in [-0.05, 0) is 0 Å². The first-order valence-electron chi connectivity index (χ1n) is 4.84. The van der Waals surface area contributed by atoms with Gasteiger partial charge in [-0.25, -0.2) is 8.78 Å². The average Bonchev–Trinajstić information content (AvgIpc) is 2.25. The molecule has 0 radical (unpaired) electrons. The van der Waals surface area contributed by atoms with Crippen molar-refractivity contribution in [2.75, 3.05) is 13.8 Å². The van der Waals surface area contributed by atoms with Crippen LogP contribution < -0.4 is 5.32 Å². The highest BCUT2D eigenvalue weighted by atomic mass is 19.1. The zero-order valence-corrected chi connectivity index (χ0v) is 9.02. The monoisotopic (exact) mass is 239 g/mol. The first kappa shape index (κ1) is 13.3. The lowest BCUT2D eigenvalue weighted by Crippen LogP contribution is -2.63. The van der Waals surface area contributed by atoms with Crippen LogP contribution in [0.25, 0.3) is 0 Å². The van der Waals surface area contributed by atoms with Crippen LogP contribution in [0, 0.1) is 0 Å². The number of amides is 1. The van der Waals surface area contributed by atoms with Gasteiger partial charge in [0, 0.05) is 14.0 Å². The first-order valence-corrected chi connectivity index (χ1v) is 4.84. The molecule has 1 aliphatic rings. The maximum absolute atomic E-state index is 13.4. The smallest absolute Gasteiger partial charge is 0.217 e. The van der Waals surface area contributed by atoms with Gasteiger partial charge in [-0.15, -0.1) is 0 Å². The van der Waals surface area contributed by atoms with Crippen molar-refractivity contribution in [2.24, 2.45) is 0 Å². The Morgan fingerprint density at radius 3 is 2.69 bits per heavy atom. The van der Waals surface area contributed by atoms with Crippen molar-refractivity contribution in [3.05, 3.63) is 0 Å². The van der Waals surface area contributed by atoms with E-state index in [1.807, 2.05) is 0 Å². The Bertz CT molecular complexity index is 252. The van der Waals surface area contributed by atoms with E-state index in [0.717, 1.165) is 0 Å². The highest BCUT2D eigenvalue weighted by Gasteiger charge is 2.46. The van der Waals surface area contributed by atoms with Crippen molar-refractivity contribution in [3.8, 4) is 0 Å². The van der Waals surface area contributed by atoms with Crippen LogP contribution in [-0.4, -0.2) is 55.5 Å². The van der Waals surface area contributed by atoms with Gasteiger partial charge in [0.15, 0.2) is 12.5 Å². The molecule has 1 aliphatic heterocycles. The van der Waals surface area contributed by atoms with Crippen LogP contribution >= 0.6 is 0 Å². The molecule has 1 fully saturated rings. The molecular formula is C9H15F2NO4. The number of halogens is 2. The van der Waals surface area contributed by atoms with Gasteiger partial charge in [-0.3, -0.25) is 4.79 Å². The topological polar surface area (TPSA) is 67.8 Å². The third kappa shape index (κ3) is 2.66. The van der Waals surface area contributed by atoms with Gasteiger partial charge in [0.05, 0.1) is 0 Å². The lowest BCUT2D eigenvalue weighted by atomic mass is 9.98. The summed E-state index contributed by atoms with van der Waals surface area (Å²) in [5.41, 5.74) is 0. The van der Waals surface area contributed by atoms with Gasteiger partial charge in [-0.1, -0.05) is 0 Å². The summed E-state index contributed by atoms with van der Waals surface area (Å²) < 4.78 is 35.6. The number of carbonyl (C=O) groups excluding carboxylic acids is 1. The molecule has 5 atom stereocenters. The molecule has 0 bridgehead atoms. The zero-order chi connectivity index (χ0) is 12.3. The summed E-state index contributed by atoms with van der Waals surface area (Å²) in [4.78, 5) is 10.8. The molecule has 5 nitrogen and oxygen atoms in total. The van der Waals surface area contributed by atoms with Crippen LogP contribution in [0.3, 0.4) is 0 Å². The lowest BCUT2D eigenvalue weighted by molar-refractivity contribution is -0.246. The van der Waals surface area contributed by atoms with Crippen LogP contribution in [0.15, 0.2) is 0 Å². The Morgan fingerprint density at radius 2 is 2.25 bits per heavy atom. The Kier molecular flexibility index (Phi) is 4.57. The highest BCUT2D eigenvalue weighted by Crippen LogP contribution is 2.24. The number of carbonyl (C=O) groups is 1. The fraction of sp³-hybridized carbons (Fsp3) is 0.889. The molecule has 0 aromatic heterocycles. The zero-order valence-electron chi connectivity index (χ0n) is 9.02. The number of nitrogens with one attached hydrogen (secondary N) is 1. The van der Waals surface area contributed by atoms with E-state index in [4.69, 9.17) is 9.47 Å². The number of aliphatic hydroxyl groups is 1. The van der Waals surface area contributed by atoms with E-state index in [-0.39, 0.29) is 0 Å². The van der Waals surface area contributed by atoms with Crippen LogP contribution in [0.2, 0.25) is 0 Å². The quantitative estimate of drug-likeness (QED) is 0.698. The van der Waals surface area contributed by atoms with E-state index in [2.05, 4.69) is 5.32 Å². The molecule has 1 saturated heterocycles. The lowest BCUT2D eigenvalue weighted by Gasteiger charge is -2.40. The maximum atomic E-state index is 13.4. The SMILES string of the molecule is CO[C@H]1O[C@H](CF)[C@H](F)[C@H](O)[C@H]1NC(C)=O. The number of hydrogen-bond donors (Lipinski definition) is 2. The summed E-state index contributed by atoms with van der Waals surface area (Å²) in [5, 5.41) is 11.9. The van der Waals surface area contributed by atoms with Crippen molar-refractivity contribution >= 4 is 5.91 Å². The highest BCUT2D eigenvalue weighted by molar-refractivity contribution is 5.73. The number of aliphatic hydroxyl groups excluding tert-OH is 1. The number of ether oxygens (including phenoxy) is 2. The molecule has 7 heteroatoms. The summed E-state index contributed by atoms with van der Waals surface area (Å²) in [6, 6.07) is -1.04. The van der Waals surface area contributed by atoms with Gasteiger partial charge in [0.2, 0.25) is 5.91 Å². The van der Waals surface area contributed by atoms with E-state index in [0.29, 0.717) is 0 Å². The largest absolute Gasteiger partial charge is 0.388 e. The van der Waals surface area contributed by atoms with Gasteiger partial charge in [0.25, 0.3) is 0 Å². The minimum Gasteiger partial charge on any atom is -0.388 e. The number of methoxy groups -OCH3 is 1. The second kappa shape index (κ2) is 5.51. The van der Waals surface area contributed by atoms with E-state index in [1.54, 1.807) is 0 Å². The van der Waals surface area contributed by atoms with Crippen LogP contribution in [0.5, 0.6) is 0 Å². The van der Waals surface area contributed by atoms with Gasteiger partial charge in [-0.2, -0.15) is 0 Å². The van der Waals surface area contributed by atoms with E-state index < -0.39 is 43.3 Å². The molecule has 94 valence electrons. The van der Waals surface area contributed by atoms with Gasteiger partial charge < -0.3 is 19.9 Å². The third-order valence-electron chi connectivity index (χ3n) is 2.41. The number of hydrogen-bond acceptors (Lipinski definition) is 4. The molecular weight excluding hydrogens is 224 g/mol. The van der Waals surface area contributed by atoms with Crippen molar-refractivity contribution in [1.29, 1.82) is 0 Å². The third-order valence-corrected chi connectivity index (χ3v) is 2.41. The molecule has 1 heterocycles. The molecule has 0 unspecified atom stereocenters. The van der Waals surface area contributed by atoms with E-state index >= 15 is 0 Å². The number of alkyl halides is 2. The van der Waals surface area contributed by atoms with Crippen LogP contribution in [-0.2, 0) is 14.3 Å². The summed E-state index contributed by atoms with van der Waals surface area (Å²) in [6.45, 7) is 0.152. The minimum atomic E-state index is -1.90. The van der Waals surface area contributed by atoms with Crippen molar-refractivity contribution in [1.82, 2.24) is 5.32 Å². The minimum absolute atomic E-state index is 0.458. The van der Waals surface area contributed by atoms with E-state index in [9.17, 15) is 18.7 Å². The standard InChI is InChI=1S/C9H15F2NO4/c1-4(13)12-7-8(14)6(11)5(3-10)16-9(7)15-2/h5-9,14H,3H2,1-2H3,(H,12,13)/t5-,6+,7-,8+,9+/m1/s1. The van der Waals surface area contributed by atoms with Crippen molar-refractivity contribution in [3.63, 3.8) is 0 Å². The Morgan fingerprint density at radius 1 is 1.62 bits per heavy atom. The van der Waals surface area contributed by atoms with Crippen molar-refractivity contribution < 1.29 is 28.2 Å². The fourth-order valence-corrected chi connectivity index (χ4v) is 1.62. The Labute approximate surface area is 91.7 Å². The molecule has 0 saturated carbocycles. The number of rotatable bonds is 3. The normalized spacial score (nSPS) is 39.4. The summed E-state index contributed by atoms with van der Waals surface area (Å²) in [6.07, 6.45) is -5.88. The molecule has 16 heavy (non-hydrogen) atoms.